The number of hydrogen-bond acceptors (Lipinski definition) is 4. The number of rotatable bonds is 2. The predicted molar refractivity (Wildman–Crippen MR) is 89.5 cm³/mol. The summed E-state index contributed by atoms with van der Waals surface area (Å²) in [7, 11) is 0. The number of aromatic nitrogens is 1. The largest absolute Gasteiger partial charge is 0.478 e. The van der Waals surface area contributed by atoms with Crippen molar-refractivity contribution in [3.05, 3.63) is 83.7 Å². The highest BCUT2D eigenvalue weighted by atomic mass is 16.5. The highest BCUT2D eigenvalue weighted by molar-refractivity contribution is 6.16. The van der Waals surface area contributed by atoms with Gasteiger partial charge in [-0.05, 0) is 30.3 Å². The SMILES string of the molecule is O=C(O)c1ccc(C2=Nc3ccccc3Oc3cnccc32)cc1. The van der Waals surface area contributed by atoms with Crippen molar-refractivity contribution < 1.29 is 14.6 Å². The lowest BCUT2D eigenvalue weighted by Gasteiger charge is -2.09. The molecule has 0 atom stereocenters. The maximum atomic E-state index is 11.0. The Morgan fingerprint density at radius 1 is 0.958 bits per heavy atom. The summed E-state index contributed by atoms with van der Waals surface area (Å²) in [6.45, 7) is 0. The van der Waals surface area contributed by atoms with Crippen LogP contribution in [0.4, 0.5) is 5.69 Å². The zero-order chi connectivity index (χ0) is 16.5. The van der Waals surface area contributed by atoms with Gasteiger partial charge in [0.25, 0.3) is 0 Å². The molecule has 0 radical (unpaired) electrons. The van der Waals surface area contributed by atoms with Crippen molar-refractivity contribution >= 4 is 17.4 Å². The third-order valence-electron chi connectivity index (χ3n) is 3.76. The number of carboxylic acid groups (broad SMARTS) is 1. The van der Waals surface area contributed by atoms with Crippen LogP contribution < -0.4 is 4.74 Å². The van der Waals surface area contributed by atoms with Gasteiger partial charge in [0.1, 0.15) is 5.69 Å². The van der Waals surface area contributed by atoms with E-state index in [0.29, 0.717) is 22.9 Å². The number of aliphatic imine (C=N–C) groups is 1. The van der Waals surface area contributed by atoms with Crippen LogP contribution in [0.25, 0.3) is 0 Å². The topological polar surface area (TPSA) is 71.8 Å². The van der Waals surface area contributed by atoms with E-state index in [0.717, 1.165) is 11.1 Å². The number of carboxylic acids is 1. The molecule has 0 aliphatic carbocycles. The second kappa shape index (κ2) is 5.62. The van der Waals surface area contributed by atoms with E-state index >= 15 is 0 Å². The van der Waals surface area contributed by atoms with Gasteiger partial charge in [0.15, 0.2) is 11.5 Å². The van der Waals surface area contributed by atoms with Gasteiger partial charge < -0.3 is 9.84 Å². The maximum absolute atomic E-state index is 11.0. The third kappa shape index (κ3) is 2.42. The van der Waals surface area contributed by atoms with Crippen molar-refractivity contribution in [1.82, 2.24) is 4.98 Å². The summed E-state index contributed by atoms with van der Waals surface area (Å²) in [6, 6.07) is 16.0. The minimum absolute atomic E-state index is 0.236. The molecule has 0 saturated heterocycles. The number of ether oxygens (including phenoxy) is 1. The molecule has 4 rings (SSSR count). The Labute approximate surface area is 137 Å². The molecule has 5 nitrogen and oxygen atoms in total. The number of nitrogens with zero attached hydrogens (tertiary/aromatic N) is 2. The molecular weight excluding hydrogens is 304 g/mol. The minimum Gasteiger partial charge on any atom is -0.478 e. The van der Waals surface area contributed by atoms with Crippen LogP contribution in [0.15, 0.2) is 72.0 Å². The van der Waals surface area contributed by atoms with Crippen molar-refractivity contribution in [2.24, 2.45) is 4.99 Å². The molecule has 5 heteroatoms. The molecule has 0 unspecified atom stereocenters. The van der Waals surface area contributed by atoms with Crippen LogP contribution in [0.5, 0.6) is 11.5 Å². The van der Waals surface area contributed by atoms with Gasteiger partial charge in [-0.25, -0.2) is 9.79 Å². The Kier molecular flexibility index (Phi) is 3.31. The average molecular weight is 316 g/mol. The van der Waals surface area contributed by atoms with Crippen LogP contribution in [-0.4, -0.2) is 21.8 Å². The van der Waals surface area contributed by atoms with Crippen LogP contribution in [-0.2, 0) is 0 Å². The quantitative estimate of drug-likeness (QED) is 0.605. The Balaban J connectivity index is 1.91. The Bertz CT molecular complexity index is 962. The molecule has 1 N–H and O–H groups in total. The molecule has 1 aromatic heterocycles. The van der Waals surface area contributed by atoms with E-state index in [-0.39, 0.29) is 5.56 Å². The van der Waals surface area contributed by atoms with Crippen LogP contribution >= 0.6 is 0 Å². The number of carbonyl (C=O) groups is 1. The molecule has 116 valence electrons. The Morgan fingerprint density at radius 3 is 2.54 bits per heavy atom. The first-order chi connectivity index (χ1) is 11.7. The molecule has 1 aliphatic rings. The molecule has 0 spiro atoms. The van der Waals surface area contributed by atoms with Gasteiger partial charge >= 0.3 is 5.97 Å². The standard InChI is InChI=1S/C19H12N2O3/c22-19(23)13-7-5-12(6-8-13)18-14-9-10-20-11-17(14)24-16-4-2-1-3-15(16)21-18/h1-11H,(H,22,23). The molecule has 2 aromatic carbocycles. The minimum atomic E-state index is -0.956. The van der Waals surface area contributed by atoms with E-state index in [9.17, 15) is 4.79 Å². The maximum Gasteiger partial charge on any atom is 0.335 e. The molecule has 0 bridgehead atoms. The van der Waals surface area contributed by atoms with Crippen LogP contribution in [0, 0.1) is 0 Å². The average Bonchev–Trinajstić information content (AvgIpc) is 2.78. The van der Waals surface area contributed by atoms with E-state index in [2.05, 4.69) is 4.98 Å². The second-order valence-corrected chi connectivity index (χ2v) is 5.28. The van der Waals surface area contributed by atoms with E-state index in [1.54, 1.807) is 36.7 Å². The number of aromatic carboxylic acids is 1. The van der Waals surface area contributed by atoms with Crippen LogP contribution in [0.3, 0.4) is 0 Å². The van der Waals surface area contributed by atoms with Gasteiger partial charge in [0.05, 0.1) is 17.5 Å². The molecular formula is C19H12N2O3. The normalized spacial score (nSPS) is 12.2. The lowest BCUT2D eigenvalue weighted by Crippen LogP contribution is -2.05. The third-order valence-corrected chi connectivity index (χ3v) is 3.76. The summed E-state index contributed by atoms with van der Waals surface area (Å²) < 4.78 is 5.94. The zero-order valence-electron chi connectivity index (χ0n) is 12.5. The number of para-hydroxylation sites is 2. The fourth-order valence-corrected chi connectivity index (χ4v) is 2.58. The second-order valence-electron chi connectivity index (χ2n) is 5.28. The van der Waals surface area contributed by atoms with E-state index in [4.69, 9.17) is 14.8 Å². The first-order valence-electron chi connectivity index (χ1n) is 7.36. The van der Waals surface area contributed by atoms with Gasteiger partial charge in [0.2, 0.25) is 0 Å². The van der Waals surface area contributed by atoms with Gasteiger partial charge in [0, 0.05) is 17.3 Å². The van der Waals surface area contributed by atoms with Crippen molar-refractivity contribution in [3.63, 3.8) is 0 Å². The van der Waals surface area contributed by atoms with E-state index in [1.165, 1.54) is 0 Å². The smallest absolute Gasteiger partial charge is 0.335 e. The van der Waals surface area contributed by atoms with Gasteiger partial charge in [-0.3, -0.25) is 4.98 Å². The molecule has 24 heavy (non-hydrogen) atoms. The molecule has 3 aromatic rings. The fourth-order valence-electron chi connectivity index (χ4n) is 2.58. The summed E-state index contributed by atoms with van der Waals surface area (Å²) in [5.74, 6) is 0.315. The number of benzene rings is 2. The first-order valence-corrected chi connectivity index (χ1v) is 7.36. The summed E-state index contributed by atoms with van der Waals surface area (Å²) in [5, 5.41) is 9.06. The number of fused-ring (bicyclic) bond motifs is 2. The van der Waals surface area contributed by atoms with Crippen molar-refractivity contribution in [2.75, 3.05) is 0 Å². The molecule has 1 aliphatic heterocycles. The fraction of sp³-hybridized carbons (Fsp3) is 0. The van der Waals surface area contributed by atoms with Gasteiger partial charge in [-0.2, -0.15) is 0 Å². The monoisotopic (exact) mass is 316 g/mol. The summed E-state index contributed by atoms with van der Waals surface area (Å²) in [6.07, 6.45) is 3.33. The number of pyridine rings is 1. The Morgan fingerprint density at radius 2 is 1.75 bits per heavy atom. The highest BCUT2D eigenvalue weighted by Crippen LogP contribution is 2.37. The van der Waals surface area contributed by atoms with Crippen molar-refractivity contribution in [3.8, 4) is 11.5 Å². The number of hydrogen-bond donors (Lipinski definition) is 1. The van der Waals surface area contributed by atoms with Gasteiger partial charge in [-0.15, -0.1) is 0 Å². The lowest BCUT2D eigenvalue weighted by atomic mass is 10.0. The predicted octanol–water partition coefficient (Wildman–Crippen LogP) is 4.05. The van der Waals surface area contributed by atoms with Crippen molar-refractivity contribution in [1.29, 1.82) is 0 Å². The summed E-state index contributed by atoms with van der Waals surface area (Å²) >= 11 is 0. The van der Waals surface area contributed by atoms with Crippen LogP contribution in [0.1, 0.15) is 21.5 Å². The highest BCUT2D eigenvalue weighted by Gasteiger charge is 2.19. The summed E-state index contributed by atoms with van der Waals surface area (Å²) in [4.78, 5) is 19.9. The van der Waals surface area contributed by atoms with Gasteiger partial charge in [-0.1, -0.05) is 24.3 Å². The molecule has 0 saturated carbocycles. The zero-order valence-corrected chi connectivity index (χ0v) is 12.5. The van der Waals surface area contributed by atoms with Crippen molar-refractivity contribution in [2.45, 2.75) is 0 Å². The summed E-state index contributed by atoms with van der Waals surface area (Å²) in [5.41, 5.74) is 3.29. The van der Waals surface area contributed by atoms with Crippen LogP contribution in [0.2, 0.25) is 0 Å². The van der Waals surface area contributed by atoms with E-state index < -0.39 is 5.97 Å². The Hall–Kier alpha value is -3.47. The lowest BCUT2D eigenvalue weighted by molar-refractivity contribution is 0.0697. The first kappa shape index (κ1) is 14.1. The van der Waals surface area contributed by atoms with E-state index in [1.807, 2.05) is 30.3 Å². The molecule has 0 amide bonds. The molecule has 0 fully saturated rings. The molecule has 2 heterocycles.